The Kier molecular flexibility index (Phi) is 3.19. The summed E-state index contributed by atoms with van der Waals surface area (Å²) < 4.78 is 29.2. The van der Waals surface area contributed by atoms with Crippen LogP contribution in [0.25, 0.3) is 16.7 Å². The SMILES string of the molecule is O=C(Nc1c(F)cccc1F)c1cccn2c1nc1cnccc12. The first kappa shape index (κ1) is 14.3. The van der Waals surface area contributed by atoms with E-state index in [0.717, 1.165) is 17.6 Å². The number of anilines is 1. The number of nitrogens with zero attached hydrogens (tertiary/aromatic N) is 3. The molecule has 4 aromatic rings. The number of benzene rings is 1. The molecule has 0 aliphatic rings. The Morgan fingerprint density at radius 1 is 1.08 bits per heavy atom. The van der Waals surface area contributed by atoms with Crippen LogP contribution >= 0.6 is 0 Å². The molecule has 5 nitrogen and oxygen atoms in total. The fraction of sp³-hybridized carbons (Fsp3) is 0. The quantitative estimate of drug-likeness (QED) is 0.615. The molecule has 3 heterocycles. The zero-order chi connectivity index (χ0) is 16.7. The summed E-state index contributed by atoms with van der Waals surface area (Å²) in [5.74, 6) is -2.33. The highest BCUT2D eigenvalue weighted by molar-refractivity contribution is 6.09. The first-order valence-electron chi connectivity index (χ1n) is 7.11. The van der Waals surface area contributed by atoms with Crippen molar-refractivity contribution in [1.29, 1.82) is 0 Å². The summed E-state index contributed by atoms with van der Waals surface area (Å²) in [7, 11) is 0. The van der Waals surface area contributed by atoms with Gasteiger partial charge in [0.15, 0.2) is 5.65 Å². The first-order valence-corrected chi connectivity index (χ1v) is 7.11. The average Bonchev–Trinajstić information content (AvgIpc) is 2.97. The number of para-hydroxylation sites is 1. The standard InChI is InChI=1S/C17H10F2N4O/c18-11-4-1-5-12(19)15(11)22-17(24)10-3-2-8-23-14-6-7-20-9-13(14)21-16(10)23/h1-9H,(H,22,24). The minimum absolute atomic E-state index is 0.205. The van der Waals surface area contributed by atoms with Crippen molar-refractivity contribution in [2.24, 2.45) is 0 Å². The van der Waals surface area contributed by atoms with Crippen LogP contribution < -0.4 is 5.32 Å². The predicted molar refractivity (Wildman–Crippen MR) is 84.8 cm³/mol. The molecule has 0 aliphatic heterocycles. The molecule has 0 spiro atoms. The van der Waals surface area contributed by atoms with Gasteiger partial charge in [0.05, 0.1) is 17.3 Å². The van der Waals surface area contributed by atoms with Gasteiger partial charge in [-0.2, -0.15) is 0 Å². The average molecular weight is 324 g/mol. The normalized spacial score (nSPS) is 11.1. The van der Waals surface area contributed by atoms with Crippen LogP contribution in [0.5, 0.6) is 0 Å². The van der Waals surface area contributed by atoms with Crippen LogP contribution in [0.4, 0.5) is 14.5 Å². The number of halogens is 2. The summed E-state index contributed by atoms with van der Waals surface area (Å²) in [5, 5.41) is 2.27. The Balaban J connectivity index is 1.83. The lowest BCUT2D eigenvalue weighted by atomic mass is 10.2. The van der Waals surface area contributed by atoms with Crippen molar-refractivity contribution >= 4 is 28.3 Å². The maximum absolute atomic E-state index is 13.7. The van der Waals surface area contributed by atoms with Crippen LogP contribution in [-0.4, -0.2) is 20.3 Å². The van der Waals surface area contributed by atoms with Crippen LogP contribution in [0.3, 0.4) is 0 Å². The molecule has 1 amide bonds. The van der Waals surface area contributed by atoms with Gasteiger partial charge in [0, 0.05) is 12.4 Å². The molecular formula is C17H10F2N4O. The number of imidazole rings is 1. The molecular weight excluding hydrogens is 314 g/mol. The molecule has 0 bridgehead atoms. The number of rotatable bonds is 2. The summed E-state index contributed by atoms with van der Waals surface area (Å²) in [5.41, 5.74) is 1.51. The number of aromatic nitrogens is 3. The third-order valence-corrected chi connectivity index (χ3v) is 3.68. The maximum atomic E-state index is 13.7. The van der Waals surface area contributed by atoms with E-state index in [1.54, 1.807) is 41.2 Å². The molecule has 3 aromatic heterocycles. The maximum Gasteiger partial charge on any atom is 0.259 e. The Bertz CT molecular complexity index is 1070. The summed E-state index contributed by atoms with van der Waals surface area (Å²) in [6, 6.07) is 8.37. The zero-order valence-corrected chi connectivity index (χ0v) is 12.2. The monoisotopic (exact) mass is 324 g/mol. The molecule has 0 radical (unpaired) electrons. The summed E-state index contributed by atoms with van der Waals surface area (Å²) in [6.45, 7) is 0. The van der Waals surface area contributed by atoms with Crippen LogP contribution in [0.2, 0.25) is 0 Å². The number of carbonyl (C=O) groups excluding carboxylic acids is 1. The summed E-state index contributed by atoms with van der Waals surface area (Å²) in [6.07, 6.45) is 4.96. The number of hydrogen-bond donors (Lipinski definition) is 1. The summed E-state index contributed by atoms with van der Waals surface area (Å²) >= 11 is 0. The lowest BCUT2D eigenvalue weighted by Crippen LogP contribution is -2.15. The molecule has 4 rings (SSSR count). The summed E-state index contributed by atoms with van der Waals surface area (Å²) in [4.78, 5) is 20.9. The fourth-order valence-electron chi connectivity index (χ4n) is 2.57. The highest BCUT2D eigenvalue weighted by atomic mass is 19.1. The molecule has 0 saturated heterocycles. The van der Waals surface area contributed by atoms with Gasteiger partial charge in [-0.05, 0) is 30.3 Å². The number of carbonyl (C=O) groups is 1. The molecule has 1 aromatic carbocycles. The van der Waals surface area contributed by atoms with E-state index in [0.29, 0.717) is 11.2 Å². The van der Waals surface area contributed by atoms with E-state index in [2.05, 4.69) is 15.3 Å². The smallest absolute Gasteiger partial charge is 0.259 e. The highest BCUT2D eigenvalue weighted by Crippen LogP contribution is 2.22. The van der Waals surface area contributed by atoms with E-state index in [1.165, 1.54) is 6.07 Å². The molecule has 0 saturated carbocycles. The van der Waals surface area contributed by atoms with Crippen LogP contribution in [0.1, 0.15) is 10.4 Å². The number of fused-ring (bicyclic) bond motifs is 3. The van der Waals surface area contributed by atoms with Crippen LogP contribution in [0.15, 0.2) is 55.0 Å². The molecule has 0 fully saturated rings. The van der Waals surface area contributed by atoms with Crippen molar-refractivity contribution in [2.45, 2.75) is 0 Å². The van der Waals surface area contributed by atoms with E-state index in [-0.39, 0.29) is 5.56 Å². The fourth-order valence-corrected chi connectivity index (χ4v) is 2.57. The van der Waals surface area contributed by atoms with Crippen molar-refractivity contribution in [1.82, 2.24) is 14.4 Å². The molecule has 118 valence electrons. The number of amides is 1. The molecule has 0 atom stereocenters. The van der Waals surface area contributed by atoms with Gasteiger partial charge in [-0.1, -0.05) is 6.07 Å². The van der Waals surface area contributed by atoms with Gasteiger partial charge in [0.2, 0.25) is 0 Å². The van der Waals surface area contributed by atoms with Crippen molar-refractivity contribution in [3.05, 3.63) is 72.2 Å². The Morgan fingerprint density at radius 3 is 2.67 bits per heavy atom. The lowest BCUT2D eigenvalue weighted by Gasteiger charge is -2.08. The van der Waals surface area contributed by atoms with E-state index in [4.69, 9.17) is 0 Å². The topological polar surface area (TPSA) is 59.3 Å². The minimum atomic E-state index is -0.840. The minimum Gasteiger partial charge on any atom is -0.317 e. The second kappa shape index (κ2) is 5.38. The van der Waals surface area contributed by atoms with Crippen LogP contribution in [-0.2, 0) is 0 Å². The molecule has 0 aliphatic carbocycles. The van der Waals surface area contributed by atoms with Crippen molar-refractivity contribution in [2.75, 3.05) is 5.32 Å². The number of hydrogen-bond acceptors (Lipinski definition) is 3. The second-order valence-electron chi connectivity index (χ2n) is 5.14. The first-order chi connectivity index (χ1) is 11.6. The second-order valence-corrected chi connectivity index (χ2v) is 5.14. The van der Waals surface area contributed by atoms with Crippen molar-refractivity contribution in [3.63, 3.8) is 0 Å². The molecule has 1 N–H and O–H groups in total. The van der Waals surface area contributed by atoms with E-state index >= 15 is 0 Å². The number of nitrogens with one attached hydrogen (secondary N) is 1. The van der Waals surface area contributed by atoms with Gasteiger partial charge in [0.25, 0.3) is 5.91 Å². The van der Waals surface area contributed by atoms with Crippen molar-refractivity contribution < 1.29 is 13.6 Å². The van der Waals surface area contributed by atoms with Gasteiger partial charge in [0.1, 0.15) is 22.8 Å². The highest BCUT2D eigenvalue weighted by Gasteiger charge is 2.17. The van der Waals surface area contributed by atoms with Gasteiger partial charge >= 0.3 is 0 Å². The molecule has 7 heteroatoms. The number of pyridine rings is 2. The van der Waals surface area contributed by atoms with Crippen molar-refractivity contribution in [3.8, 4) is 0 Å². The van der Waals surface area contributed by atoms with Gasteiger partial charge in [-0.3, -0.25) is 14.2 Å². The third kappa shape index (κ3) is 2.18. The van der Waals surface area contributed by atoms with E-state index in [9.17, 15) is 13.6 Å². The Morgan fingerprint density at radius 2 is 1.88 bits per heavy atom. The largest absolute Gasteiger partial charge is 0.317 e. The van der Waals surface area contributed by atoms with E-state index in [1.807, 2.05) is 0 Å². The van der Waals surface area contributed by atoms with E-state index < -0.39 is 23.2 Å². The predicted octanol–water partition coefficient (Wildman–Crippen LogP) is 3.41. The zero-order valence-electron chi connectivity index (χ0n) is 12.2. The van der Waals surface area contributed by atoms with Crippen LogP contribution in [0, 0.1) is 11.6 Å². The Hall–Kier alpha value is -3.35. The lowest BCUT2D eigenvalue weighted by molar-refractivity contribution is 0.102. The molecule has 24 heavy (non-hydrogen) atoms. The van der Waals surface area contributed by atoms with Gasteiger partial charge in [-0.15, -0.1) is 0 Å². The third-order valence-electron chi connectivity index (χ3n) is 3.68. The Labute approximate surface area is 134 Å². The van der Waals surface area contributed by atoms with Gasteiger partial charge in [-0.25, -0.2) is 13.8 Å². The van der Waals surface area contributed by atoms with Gasteiger partial charge < -0.3 is 5.32 Å². The molecule has 0 unspecified atom stereocenters.